The number of aryl methyl sites for hydroxylation is 1. The highest BCUT2D eigenvalue weighted by Crippen LogP contribution is 2.28. The van der Waals surface area contributed by atoms with E-state index in [0.717, 1.165) is 31.5 Å². The van der Waals surface area contributed by atoms with Crippen LogP contribution in [0, 0.1) is 0 Å². The maximum Gasteiger partial charge on any atom is 0.133 e. The minimum Gasteiger partial charge on any atom is -0.366 e. The molecule has 3 nitrogen and oxygen atoms in total. The zero-order valence-electron chi connectivity index (χ0n) is 12.3. The predicted molar refractivity (Wildman–Crippen MR) is 84.6 cm³/mol. The van der Waals surface area contributed by atoms with Crippen molar-refractivity contribution < 1.29 is 0 Å². The first-order valence-electron chi connectivity index (χ1n) is 8.06. The maximum absolute atomic E-state index is 4.54. The standard InChI is InChI=1S/C18H21N3/c1-2-8-16-17(9-3-1)19-12-20-18(16)21-15-10-13-6-4-5-7-14(13)11-15/h4-7,12,15H,1-3,8-11H2,(H,19,20,21). The molecule has 2 aliphatic rings. The SMILES string of the molecule is c1ccc2c(c1)CC(Nc1ncnc3c1CCCCC3)C2. The van der Waals surface area contributed by atoms with Gasteiger partial charge in [-0.3, -0.25) is 0 Å². The summed E-state index contributed by atoms with van der Waals surface area (Å²) in [6.07, 6.45) is 10.0. The molecule has 1 aromatic heterocycles. The van der Waals surface area contributed by atoms with Crippen molar-refractivity contribution in [1.82, 2.24) is 9.97 Å². The van der Waals surface area contributed by atoms with Gasteiger partial charge in [0.1, 0.15) is 12.1 Å². The molecule has 0 spiro atoms. The number of hydrogen-bond donors (Lipinski definition) is 1. The number of benzene rings is 1. The summed E-state index contributed by atoms with van der Waals surface area (Å²) < 4.78 is 0. The number of anilines is 1. The van der Waals surface area contributed by atoms with E-state index >= 15 is 0 Å². The molecule has 2 aromatic rings. The van der Waals surface area contributed by atoms with E-state index < -0.39 is 0 Å². The Hall–Kier alpha value is -1.90. The van der Waals surface area contributed by atoms with Crippen molar-refractivity contribution in [3.8, 4) is 0 Å². The van der Waals surface area contributed by atoms with Crippen molar-refractivity contribution >= 4 is 5.82 Å². The summed E-state index contributed by atoms with van der Waals surface area (Å²) in [6, 6.07) is 9.25. The van der Waals surface area contributed by atoms with Gasteiger partial charge in [-0.1, -0.05) is 30.7 Å². The van der Waals surface area contributed by atoms with Crippen LogP contribution in [0.3, 0.4) is 0 Å². The topological polar surface area (TPSA) is 37.8 Å². The molecule has 1 N–H and O–H groups in total. The Labute approximate surface area is 125 Å². The average molecular weight is 279 g/mol. The first-order valence-corrected chi connectivity index (χ1v) is 8.06. The molecular weight excluding hydrogens is 258 g/mol. The van der Waals surface area contributed by atoms with Gasteiger partial charge < -0.3 is 5.32 Å². The Morgan fingerprint density at radius 1 is 0.905 bits per heavy atom. The lowest BCUT2D eigenvalue weighted by molar-refractivity contribution is 0.708. The van der Waals surface area contributed by atoms with E-state index in [1.165, 1.54) is 41.6 Å². The number of nitrogens with one attached hydrogen (secondary N) is 1. The van der Waals surface area contributed by atoms with Gasteiger partial charge in [0.05, 0.1) is 0 Å². The average Bonchev–Trinajstić information content (AvgIpc) is 2.75. The normalized spacial score (nSPS) is 17.9. The van der Waals surface area contributed by atoms with Crippen LogP contribution < -0.4 is 5.32 Å². The van der Waals surface area contributed by atoms with E-state index in [1.807, 2.05) is 0 Å². The van der Waals surface area contributed by atoms with Gasteiger partial charge in [-0.15, -0.1) is 0 Å². The zero-order valence-corrected chi connectivity index (χ0v) is 12.3. The van der Waals surface area contributed by atoms with Crippen LogP contribution in [0.1, 0.15) is 41.6 Å². The third kappa shape index (κ3) is 2.53. The number of nitrogens with zero attached hydrogens (tertiary/aromatic N) is 2. The predicted octanol–water partition coefficient (Wildman–Crippen LogP) is 3.32. The Kier molecular flexibility index (Phi) is 3.34. The second-order valence-corrected chi connectivity index (χ2v) is 6.23. The summed E-state index contributed by atoms with van der Waals surface area (Å²) in [5, 5.41) is 3.69. The minimum absolute atomic E-state index is 0.477. The fourth-order valence-corrected chi connectivity index (χ4v) is 3.68. The molecule has 0 unspecified atom stereocenters. The molecule has 0 saturated heterocycles. The summed E-state index contributed by atoms with van der Waals surface area (Å²) in [5.74, 6) is 1.08. The number of fused-ring (bicyclic) bond motifs is 2. The van der Waals surface area contributed by atoms with E-state index in [4.69, 9.17) is 0 Å². The molecule has 0 bridgehead atoms. The Morgan fingerprint density at radius 2 is 1.67 bits per heavy atom. The van der Waals surface area contributed by atoms with Crippen LogP contribution >= 0.6 is 0 Å². The molecule has 0 radical (unpaired) electrons. The lowest BCUT2D eigenvalue weighted by Crippen LogP contribution is -2.22. The maximum atomic E-state index is 4.54. The van der Waals surface area contributed by atoms with Crippen LogP contribution in [0.5, 0.6) is 0 Å². The van der Waals surface area contributed by atoms with Crippen LogP contribution in [-0.2, 0) is 25.7 Å². The van der Waals surface area contributed by atoms with Gasteiger partial charge in [0.15, 0.2) is 0 Å². The molecule has 0 aliphatic heterocycles. The molecule has 108 valence electrons. The fourth-order valence-electron chi connectivity index (χ4n) is 3.68. The summed E-state index contributed by atoms with van der Waals surface area (Å²) in [4.78, 5) is 9.04. The molecule has 2 aliphatic carbocycles. The number of hydrogen-bond acceptors (Lipinski definition) is 3. The third-order valence-corrected chi connectivity index (χ3v) is 4.77. The monoisotopic (exact) mass is 279 g/mol. The molecule has 4 rings (SSSR count). The van der Waals surface area contributed by atoms with Crippen LogP contribution in [0.15, 0.2) is 30.6 Å². The number of rotatable bonds is 2. The van der Waals surface area contributed by atoms with Gasteiger partial charge in [0.25, 0.3) is 0 Å². The van der Waals surface area contributed by atoms with Crippen molar-refractivity contribution in [3.63, 3.8) is 0 Å². The van der Waals surface area contributed by atoms with Gasteiger partial charge >= 0.3 is 0 Å². The van der Waals surface area contributed by atoms with Crippen molar-refractivity contribution in [1.29, 1.82) is 0 Å². The van der Waals surface area contributed by atoms with Gasteiger partial charge in [-0.2, -0.15) is 0 Å². The highest BCUT2D eigenvalue weighted by molar-refractivity contribution is 5.49. The van der Waals surface area contributed by atoms with Crippen LogP contribution in [0.25, 0.3) is 0 Å². The van der Waals surface area contributed by atoms with Crippen molar-refractivity contribution in [2.75, 3.05) is 5.32 Å². The summed E-state index contributed by atoms with van der Waals surface area (Å²) in [6.45, 7) is 0. The molecule has 1 aromatic carbocycles. The Balaban J connectivity index is 1.56. The van der Waals surface area contributed by atoms with Crippen LogP contribution in [0.2, 0.25) is 0 Å². The van der Waals surface area contributed by atoms with E-state index in [0.29, 0.717) is 6.04 Å². The van der Waals surface area contributed by atoms with Crippen molar-refractivity contribution in [3.05, 3.63) is 53.0 Å². The summed E-state index contributed by atoms with van der Waals surface area (Å²) in [7, 11) is 0. The quantitative estimate of drug-likeness (QED) is 0.857. The first-order chi connectivity index (χ1) is 10.4. The van der Waals surface area contributed by atoms with Gasteiger partial charge in [0, 0.05) is 17.3 Å². The smallest absolute Gasteiger partial charge is 0.133 e. The Bertz CT molecular complexity index is 626. The van der Waals surface area contributed by atoms with E-state index in [9.17, 15) is 0 Å². The zero-order chi connectivity index (χ0) is 14.1. The van der Waals surface area contributed by atoms with Gasteiger partial charge in [-0.05, 0) is 49.7 Å². The first kappa shape index (κ1) is 12.8. The van der Waals surface area contributed by atoms with Gasteiger partial charge in [-0.25, -0.2) is 9.97 Å². The minimum atomic E-state index is 0.477. The summed E-state index contributed by atoms with van der Waals surface area (Å²) in [5.41, 5.74) is 5.59. The highest BCUT2D eigenvalue weighted by atomic mass is 15.0. The molecule has 0 fully saturated rings. The van der Waals surface area contributed by atoms with E-state index in [2.05, 4.69) is 39.6 Å². The van der Waals surface area contributed by atoms with Crippen LogP contribution in [0.4, 0.5) is 5.82 Å². The van der Waals surface area contributed by atoms with Crippen molar-refractivity contribution in [2.45, 2.75) is 51.0 Å². The lowest BCUT2D eigenvalue weighted by atomic mass is 10.1. The van der Waals surface area contributed by atoms with E-state index in [-0.39, 0.29) is 0 Å². The van der Waals surface area contributed by atoms with Crippen LogP contribution in [-0.4, -0.2) is 16.0 Å². The molecule has 1 heterocycles. The molecule has 0 amide bonds. The fraction of sp³-hybridized carbons (Fsp3) is 0.444. The third-order valence-electron chi connectivity index (χ3n) is 4.77. The van der Waals surface area contributed by atoms with Crippen molar-refractivity contribution in [2.24, 2.45) is 0 Å². The second kappa shape index (κ2) is 5.47. The van der Waals surface area contributed by atoms with E-state index in [1.54, 1.807) is 6.33 Å². The molecular formula is C18H21N3. The lowest BCUT2D eigenvalue weighted by Gasteiger charge is -2.17. The highest BCUT2D eigenvalue weighted by Gasteiger charge is 2.23. The van der Waals surface area contributed by atoms with Gasteiger partial charge in [0.2, 0.25) is 0 Å². The molecule has 0 saturated carbocycles. The number of aromatic nitrogens is 2. The molecule has 0 atom stereocenters. The summed E-state index contributed by atoms with van der Waals surface area (Å²) >= 11 is 0. The largest absolute Gasteiger partial charge is 0.366 e. The molecule has 3 heteroatoms. The second-order valence-electron chi connectivity index (χ2n) is 6.23. The molecule has 21 heavy (non-hydrogen) atoms. The Morgan fingerprint density at radius 3 is 2.48 bits per heavy atom.